The SMILES string of the molecule is COc1cc(C2SCC(=O)N2CCBr)cc(OC)c1O. The highest BCUT2D eigenvalue weighted by molar-refractivity contribution is 9.09. The highest BCUT2D eigenvalue weighted by atomic mass is 79.9. The van der Waals surface area contributed by atoms with Crippen LogP contribution in [0.2, 0.25) is 0 Å². The van der Waals surface area contributed by atoms with Crippen molar-refractivity contribution in [2.24, 2.45) is 0 Å². The summed E-state index contributed by atoms with van der Waals surface area (Å²) >= 11 is 4.92. The molecule has 0 saturated carbocycles. The first-order valence-electron chi connectivity index (χ1n) is 6.04. The summed E-state index contributed by atoms with van der Waals surface area (Å²) < 4.78 is 10.3. The van der Waals surface area contributed by atoms with E-state index in [-0.39, 0.29) is 17.0 Å². The molecule has 1 aromatic carbocycles. The number of phenolic OH excluding ortho intramolecular Hbond substituents is 1. The minimum Gasteiger partial charge on any atom is -0.502 e. The first-order valence-corrected chi connectivity index (χ1v) is 8.21. The number of phenols is 1. The van der Waals surface area contributed by atoms with E-state index in [1.54, 1.807) is 23.9 Å². The number of amides is 1. The van der Waals surface area contributed by atoms with Gasteiger partial charge in [-0.15, -0.1) is 11.8 Å². The van der Waals surface area contributed by atoms with Crippen LogP contribution in [-0.2, 0) is 4.79 Å². The lowest BCUT2D eigenvalue weighted by Crippen LogP contribution is -2.29. The van der Waals surface area contributed by atoms with Crippen LogP contribution in [0.1, 0.15) is 10.9 Å². The minimum absolute atomic E-state index is 0.0277. The molecular formula is C13H16BrNO4S. The Morgan fingerprint density at radius 3 is 2.50 bits per heavy atom. The molecule has 1 aliphatic rings. The van der Waals surface area contributed by atoms with Gasteiger partial charge in [-0.05, 0) is 17.7 Å². The molecule has 0 radical (unpaired) electrons. The molecular weight excluding hydrogens is 346 g/mol. The zero-order valence-electron chi connectivity index (χ0n) is 11.3. The van der Waals surface area contributed by atoms with Gasteiger partial charge in [-0.3, -0.25) is 4.79 Å². The molecule has 1 saturated heterocycles. The third kappa shape index (κ3) is 2.83. The van der Waals surface area contributed by atoms with Crippen molar-refractivity contribution in [3.63, 3.8) is 0 Å². The quantitative estimate of drug-likeness (QED) is 0.815. The number of alkyl halides is 1. The largest absolute Gasteiger partial charge is 0.502 e. The normalized spacial score (nSPS) is 18.4. The summed E-state index contributed by atoms with van der Waals surface area (Å²) in [6, 6.07) is 3.49. The van der Waals surface area contributed by atoms with Crippen LogP contribution < -0.4 is 9.47 Å². The molecule has 1 aromatic rings. The molecule has 1 heterocycles. The van der Waals surface area contributed by atoms with Crippen molar-refractivity contribution in [1.29, 1.82) is 0 Å². The van der Waals surface area contributed by atoms with Crippen molar-refractivity contribution in [2.75, 3.05) is 31.8 Å². The summed E-state index contributed by atoms with van der Waals surface area (Å²) in [6.45, 7) is 0.641. The topological polar surface area (TPSA) is 59.0 Å². The van der Waals surface area contributed by atoms with Crippen molar-refractivity contribution < 1.29 is 19.4 Å². The molecule has 5 nitrogen and oxygen atoms in total. The first-order chi connectivity index (χ1) is 9.62. The molecule has 2 rings (SSSR count). The lowest BCUT2D eigenvalue weighted by molar-refractivity contribution is -0.127. The number of thioether (sulfide) groups is 1. The fraction of sp³-hybridized carbons (Fsp3) is 0.462. The zero-order valence-corrected chi connectivity index (χ0v) is 13.7. The van der Waals surface area contributed by atoms with Gasteiger partial charge in [-0.25, -0.2) is 0 Å². The van der Waals surface area contributed by atoms with E-state index in [0.29, 0.717) is 23.8 Å². The molecule has 1 unspecified atom stereocenters. The Morgan fingerprint density at radius 2 is 2.00 bits per heavy atom. The van der Waals surface area contributed by atoms with E-state index in [9.17, 15) is 9.90 Å². The Labute approximate surface area is 130 Å². The molecule has 0 aliphatic carbocycles. The number of methoxy groups -OCH3 is 2. The maximum Gasteiger partial charge on any atom is 0.233 e. The predicted molar refractivity (Wildman–Crippen MR) is 81.9 cm³/mol. The number of hydrogen-bond donors (Lipinski definition) is 1. The number of carbonyl (C=O) groups excluding carboxylic acids is 1. The monoisotopic (exact) mass is 361 g/mol. The third-order valence-electron chi connectivity index (χ3n) is 3.08. The second-order valence-electron chi connectivity index (χ2n) is 4.21. The Balaban J connectivity index is 2.39. The van der Waals surface area contributed by atoms with Crippen molar-refractivity contribution in [3.8, 4) is 17.2 Å². The molecule has 20 heavy (non-hydrogen) atoms. The Kier molecular flexibility index (Phi) is 5.04. The van der Waals surface area contributed by atoms with Crippen LogP contribution in [0.15, 0.2) is 12.1 Å². The van der Waals surface area contributed by atoms with E-state index in [2.05, 4.69) is 15.9 Å². The van der Waals surface area contributed by atoms with Crippen LogP contribution in [0.25, 0.3) is 0 Å². The van der Waals surface area contributed by atoms with Gasteiger partial charge >= 0.3 is 0 Å². The van der Waals surface area contributed by atoms with E-state index in [0.717, 1.165) is 10.9 Å². The smallest absolute Gasteiger partial charge is 0.233 e. The summed E-state index contributed by atoms with van der Waals surface area (Å²) in [4.78, 5) is 13.7. The summed E-state index contributed by atoms with van der Waals surface area (Å²) in [5, 5.41) is 10.6. The fourth-order valence-corrected chi connectivity index (χ4v) is 3.70. The van der Waals surface area contributed by atoms with Gasteiger partial charge in [0.25, 0.3) is 0 Å². The number of aromatic hydroxyl groups is 1. The standard InChI is InChI=1S/C13H16BrNO4S/c1-18-9-5-8(6-10(19-2)12(9)17)13-15(4-3-14)11(16)7-20-13/h5-6,13,17H,3-4,7H2,1-2H3. The lowest BCUT2D eigenvalue weighted by atomic mass is 10.1. The molecule has 0 aromatic heterocycles. The molecule has 1 aliphatic heterocycles. The van der Waals surface area contributed by atoms with E-state index in [4.69, 9.17) is 9.47 Å². The van der Waals surface area contributed by atoms with Gasteiger partial charge in [-0.2, -0.15) is 0 Å². The summed E-state index contributed by atoms with van der Waals surface area (Å²) in [7, 11) is 2.98. The molecule has 1 fully saturated rings. The second kappa shape index (κ2) is 6.58. The Morgan fingerprint density at radius 1 is 1.40 bits per heavy atom. The molecule has 0 bridgehead atoms. The van der Waals surface area contributed by atoms with Crippen molar-refractivity contribution >= 4 is 33.6 Å². The molecule has 7 heteroatoms. The maximum atomic E-state index is 11.9. The third-order valence-corrected chi connectivity index (χ3v) is 4.69. The maximum absolute atomic E-state index is 11.9. The van der Waals surface area contributed by atoms with Crippen LogP contribution in [0.4, 0.5) is 0 Å². The van der Waals surface area contributed by atoms with E-state index < -0.39 is 0 Å². The number of hydrogen-bond acceptors (Lipinski definition) is 5. The number of carbonyl (C=O) groups is 1. The van der Waals surface area contributed by atoms with Crippen LogP contribution >= 0.6 is 27.7 Å². The number of rotatable bonds is 5. The summed E-state index contributed by atoms with van der Waals surface area (Å²) in [6.07, 6.45) is 0. The number of nitrogens with zero attached hydrogens (tertiary/aromatic N) is 1. The average molecular weight is 362 g/mol. The van der Waals surface area contributed by atoms with Gasteiger partial charge in [0.1, 0.15) is 5.37 Å². The average Bonchev–Trinajstić information content (AvgIpc) is 2.81. The molecule has 1 amide bonds. The van der Waals surface area contributed by atoms with Crippen molar-refractivity contribution in [2.45, 2.75) is 5.37 Å². The van der Waals surface area contributed by atoms with Gasteiger partial charge in [0.05, 0.1) is 20.0 Å². The van der Waals surface area contributed by atoms with Crippen LogP contribution in [-0.4, -0.2) is 47.8 Å². The van der Waals surface area contributed by atoms with E-state index in [1.165, 1.54) is 14.2 Å². The van der Waals surface area contributed by atoms with Gasteiger partial charge in [0.15, 0.2) is 11.5 Å². The van der Waals surface area contributed by atoms with Gasteiger partial charge in [0.2, 0.25) is 11.7 Å². The highest BCUT2D eigenvalue weighted by Gasteiger charge is 2.33. The minimum atomic E-state index is -0.0801. The van der Waals surface area contributed by atoms with Crippen molar-refractivity contribution in [1.82, 2.24) is 4.90 Å². The van der Waals surface area contributed by atoms with Gasteiger partial charge in [0, 0.05) is 11.9 Å². The number of halogens is 1. The lowest BCUT2D eigenvalue weighted by Gasteiger charge is -2.24. The van der Waals surface area contributed by atoms with Crippen LogP contribution in [0.3, 0.4) is 0 Å². The van der Waals surface area contributed by atoms with Crippen LogP contribution in [0, 0.1) is 0 Å². The second-order valence-corrected chi connectivity index (χ2v) is 6.08. The first kappa shape index (κ1) is 15.3. The van der Waals surface area contributed by atoms with Gasteiger partial charge < -0.3 is 19.5 Å². The fourth-order valence-electron chi connectivity index (χ4n) is 2.12. The Hall–Kier alpha value is -1.08. The molecule has 1 atom stereocenters. The van der Waals surface area contributed by atoms with Crippen LogP contribution in [0.5, 0.6) is 17.2 Å². The van der Waals surface area contributed by atoms with E-state index >= 15 is 0 Å². The number of benzene rings is 1. The van der Waals surface area contributed by atoms with E-state index in [1.807, 2.05) is 4.90 Å². The Bertz CT molecular complexity index is 486. The molecule has 1 N–H and O–H groups in total. The van der Waals surface area contributed by atoms with Crippen molar-refractivity contribution in [3.05, 3.63) is 17.7 Å². The van der Waals surface area contributed by atoms with Gasteiger partial charge in [-0.1, -0.05) is 15.9 Å². The zero-order chi connectivity index (χ0) is 14.7. The highest BCUT2D eigenvalue weighted by Crippen LogP contribution is 2.45. The molecule has 110 valence electrons. The summed E-state index contributed by atoms with van der Waals surface area (Å²) in [5.74, 6) is 1.24. The number of ether oxygens (including phenoxy) is 2. The summed E-state index contributed by atoms with van der Waals surface area (Å²) in [5.41, 5.74) is 0.883. The molecule has 0 spiro atoms. The predicted octanol–water partition coefficient (Wildman–Crippen LogP) is 2.38.